The zero-order valence-corrected chi connectivity index (χ0v) is 21.1. The summed E-state index contributed by atoms with van der Waals surface area (Å²) in [6.45, 7) is 2.74. The van der Waals surface area contributed by atoms with Crippen molar-refractivity contribution in [2.24, 2.45) is 10.9 Å². The minimum Gasteiger partial charge on any atom is -0.356 e. The van der Waals surface area contributed by atoms with Crippen LogP contribution in [0.3, 0.4) is 0 Å². The maximum absolute atomic E-state index is 4.42. The Morgan fingerprint density at radius 2 is 2.16 bits per heavy atom. The summed E-state index contributed by atoms with van der Waals surface area (Å²) in [7, 11) is 4.06. The van der Waals surface area contributed by atoms with Gasteiger partial charge in [-0.3, -0.25) is 9.89 Å². The quantitative estimate of drug-likeness (QED) is 0.278. The van der Waals surface area contributed by atoms with Gasteiger partial charge in [0.25, 0.3) is 0 Å². The minimum absolute atomic E-state index is 0. The first-order valence-electron chi connectivity index (χ1n) is 10.4. The van der Waals surface area contributed by atoms with Gasteiger partial charge in [0.1, 0.15) is 0 Å². The molecule has 1 aliphatic heterocycles. The SMILES string of the molecule is CN=C(NCc1ccnc(-n2cccn2)c1)NCC1CCCN(C)C1c1cccs1.I. The van der Waals surface area contributed by atoms with Crippen LogP contribution >= 0.6 is 35.3 Å². The Balaban J connectivity index is 0.00000272. The number of thiophene rings is 1. The highest BCUT2D eigenvalue weighted by molar-refractivity contribution is 14.0. The lowest BCUT2D eigenvalue weighted by atomic mass is 9.88. The average Bonchev–Trinajstić information content (AvgIpc) is 3.49. The van der Waals surface area contributed by atoms with Crippen LogP contribution in [-0.2, 0) is 6.54 Å². The highest BCUT2D eigenvalue weighted by Crippen LogP contribution is 2.36. The third-order valence-electron chi connectivity index (χ3n) is 5.61. The van der Waals surface area contributed by atoms with Crippen molar-refractivity contribution in [2.75, 3.05) is 27.2 Å². The molecule has 1 saturated heterocycles. The van der Waals surface area contributed by atoms with Crippen molar-refractivity contribution >= 4 is 41.3 Å². The van der Waals surface area contributed by atoms with Gasteiger partial charge in [-0.05, 0) is 67.6 Å². The summed E-state index contributed by atoms with van der Waals surface area (Å²) in [6.07, 6.45) is 7.93. The molecule has 166 valence electrons. The summed E-state index contributed by atoms with van der Waals surface area (Å²) < 4.78 is 1.76. The van der Waals surface area contributed by atoms with Crippen molar-refractivity contribution in [1.29, 1.82) is 0 Å². The molecule has 1 fully saturated rings. The van der Waals surface area contributed by atoms with E-state index in [9.17, 15) is 0 Å². The average molecular weight is 552 g/mol. The molecule has 7 nitrogen and oxygen atoms in total. The van der Waals surface area contributed by atoms with Gasteiger partial charge in [-0.15, -0.1) is 35.3 Å². The number of aromatic nitrogens is 3. The Hall–Kier alpha value is -1.98. The number of guanidine groups is 1. The zero-order valence-electron chi connectivity index (χ0n) is 17.9. The summed E-state index contributed by atoms with van der Waals surface area (Å²) in [5, 5.41) is 13.4. The molecular weight excluding hydrogens is 521 g/mol. The number of hydrogen-bond acceptors (Lipinski definition) is 5. The van der Waals surface area contributed by atoms with E-state index >= 15 is 0 Å². The molecule has 1 aliphatic rings. The first-order valence-corrected chi connectivity index (χ1v) is 11.3. The molecule has 2 unspecified atom stereocenters. The molecule has 0 spiro atoms. The van der Waals surface area contributed by atoms with Crippen LogP contribution < -0.4 is 10.6 Å². The number of aliphatic imine (C=N–C) groups is 1. The summed E-state index contributed by atoms with van der Waals surface area (Å²) >= 11 is 1.86. The van der Waals surface area contributed by atoms with E-state index in [1.54, 1.807) is 10.9 Å². The Morgan fingerprint density at radius 3 is 2.90 bits per heavy atom. The Labute approximate surface area is 205 Å². The number of nitrogens with one attached hydrogen (secondary N) is 2. The molecular formula is C22H30IN7S. The third-order valence-corrected chi connectivity index (χ3v) is 6.55. The molecule has 3 aromatic heterocycles. The molecule has 4 rings (SSSR count). The molecule has 2 atom stereocenters. The van der Waals surface area contributed by atoms with Gasteiger partial charge in [-0.2, -0.15) is 5.10 Å². The lowest BCUT2D eigenvalue weighted by Gasteiger charge is -2.39. The second-order valence-electron chi connectivity index (χ2n) is 7.62. The van der Waals surface area contributed by atoms with Crippen molar-refractivity contribution < 1.29 is 0 Å². The standard InChI is InChI=1S/C22H29N7S.HI/c1-23-22(25-15-17-8-10-24-20(14-17)29-12-5-9-27-29)26-16-18-6-3-11-28(2)21(18)19-7-4-13-30-19;/h4-5,7-10,12-14,18,21H,3,6,11,15-16H2,1-2H3,(H2,23,25,26);1H. The molecule has 3 aromatic rings. The van der Waals surface area contributed by atoms with Gasteiger partial charge in [0.2, 0.25) is 0 Å². The van der Waals surface area contributed by atoms with E-state index in [-0.39, 0.29) is 24.0 Å². The van der Waals surface area contributed by atoms with Gasteiger partial charge in [-0.1, -0.05) is 6.07 Å². The fourth-order valence-corrected chi connectivity index (χ4v) is 5.10. The van der Waals surface area contributed by atoms with E-state index in [4.69, 9.17) is 0 Å². The lowest BCUT2D eigenvalue weighted by Crippen LogP contribution is -2.44. The normalized spacial score (nSPS) is 19.6. The van der Waals surface area contributed by atoms with E-state index in [0.29, 0.717) is 18.5 Å². The highest BCUT2D eigenvalue weighted by atomic mass is 127. The van der Waals surface area contributed by atoms with Crippen molar-refractivity contribution in [3.63, 3.8) is 0 Å². The first kappa shape index (κ1) is 23.7. The second kappa shape index (κ2) is 11.6. The predicted molar refractivity (Wildman–Crippen MR) is 137 cm³/mol. The number of rotatable bonds is 6. The van der Waals surface area contributed by atoms with Crippen LogP contribution in [0.1, 0.15) is 29.3 Å². The molecule has 9 heteroatoms. The summed E-state index contributed by atoms with van der Waals surface area (Å²) in [4.78, 5) is 12.8. The monoisotopic (exact) mass is 551 g/mol. The summed E-state index contributed by atoms with van der Waals surface area (Å²) in [5.74, 6) is 2.20. The van der Waals surface area contributed by atoms with Crippen molar-refractivity contribution in [1.82, 2.24) is 30.3 Å². The van der Waals surface area contributed by atoms with Gasteiger partial charge in [0.15, 0.2) is 11.8 Å². The Kier molecular flexibility index (Phi) is 8.85. The molecule has 2 N–H and O–H groups in total. The molecule has 0 radical (unpaired) electrons. The lowest BCUT2D eigenvalue weighted by molar-refractivity contribution is 0.125. The third kappa shape index (κ3) is 6.05. The molecule has 0 bridgehead atoms. The van der Waals surface area contributed by atoms with Crippen molar-refractivity contribution in [3.05, 3.63) is 64.7 Å². The van der Waals surface area contributed by atoms with E-state index in [1.807, 2.05) is 49.0 Å². The number of halogens is 1. The van der Waals surface area contributed by atoms with Crippen LogP contribution in [0.4, 0.5) is 0 Å². The second-order valence-corrected chi connectivity index (χ2v) is 8.60. The Morgan fingerprint density at radius 1 is 1.26 bits per heavy atom. The van der Waals surface area contributed by atoms with Gasteiger partial charge in [0, 0.05) is 49.6 Å². The molecule has 0 saturated carbocycles. The fraction of sp³-hybridized carbons (Fsp3) is 0.409. The van der Waals surface area contributed by atoms with E-state index < -0.39 is 0 Å². The van der Waals surface area contributed by atoms with E-state index in [2.05, 4.69) is 55.2 Å². The number of piperidine rings is 1. The maximum Gasteiger partial charge on any atom is 0.191 e. The first-order chi connectivity index (χ1) is 14.7. The van der Waals surface area contributed by atoms with Gasteiger partial charge in [-0.25, -0.2) is 9.67 Å². The van der Waals surface area contributed by atoms with Gasteiger partial charge < -0.3 is 10.6 Å². The van der Waals surface area contributed by atoms with Crippen LogP contribution in [0.15, 0.2) is 59.3 Å². The zero-order chi connectivity index (χ0) is 20.8. The topological polar surface area (TPSA) is 70.4 Å². The maximum atomic E-state index is 4.42. The van der Waals surface area contributed by atoms with Crippen LogP contribution in [0.5, 0.6) is 0 Å². The van der Waals surface area contributed by atoms with Crippen LogP contribution in [-0.4, -0.2) is 52.8 Å². The van der Waals surface area contributed by atoms with Crippen LogP contribution in [0.2, 0.25) is 0 Å². The summed E-state index contributed by atoms with van der Waals surface area (Å²) in [6, 6.07) is 10.8. The van der Waals surface area contributed by atoms with E-state index in [1.165, 1.54) is 17.7 Å². The Bertz CT molecular complexity index is 943. The van der Waals surface area contributed by atoms with Crippen LogP contribution in [0.25, 0.3) is 5.82 Å². The van der Waals surface area contributed by atoms with E-state index in [0.717, 1.165) is 30.4 Å². The predicted octanol–water partition coefficient (Wildman–Crippen LogP) is 3.69. The van der Waals surface area contributed by atoms with Gasteiger partial charge in [0.05, 0.1) is 0 Å². The van der Waals surface area contributed by atoms with Crippen molar-refractivity contribution in [3.8, 4) is 5.82 Å². The molecule has 0 aromatic carbocycles. The minimum atomic E-state index is 0. The molecule has 31 heavy (non-hydrogen) atoms. The van der Waals surface area contributed by atoms with Gasteiger partial charge >= 0.3 is 0 Å². The molecule has 0 aliphatic carbocycles. The number of likely N-dealkylation sites (tertiary alicyclic amines) is 1. The largest absolute Gasteiger partial charge is 0.356 e. The number of pyridine rings is 1. The smallest absolute Gasteiger partial charge is 0.191 e. The molecule has 0 amide bonds. The number of hydrogen-bond donors (Lipinski definition) is 2. The molecule has 4 heterocycles. The highest BCUT2D eigenvalue weighted by Gasteiger charge is 2.31. The summed E-state index contributed by atoms with van der Waals surface area (Å²) in [5.41, 5.74) is 1.13. The number of nitrogens with zero attached hydrogens (tertiary/aromatic N) is 5. The fourth-order valence-electron chi connectivity index (χ4n) is 4.12. The van der Waals surface area contributed by atoms with Crippen LogP contribution in [0, 0.1) is 5.92 Å². The van der Waals surface area contributed by atoms with Crippen molar-refractivity contribution in [2.45, 2.75) is 25.4 Å².